The van der Waals surface area contributed by atoms with Gasteiger partial charge in [-0.1, -0.05) is 42.5 Å². The van der Waals surface area contributed by atoms with E-state index in [0.717, 1.165) is 5.56 Å². The number of alkyl carbamates (subject to hydrolysis) is 1. The molecule has 0 spiro atoms. The Hall–Kier alpha value is -3.68. The van der Waals surface area contributed by atoms with Crippen LogP contribution in [0.2, 0.25) is 0 Å². The Labute approximate surface area is 148 Å². The van der Waals surface area contributed by atoms with Crippen LogP contribution in [0, 0.1) is 0 Å². The van der Waals surface area contributed by atoms with Crippen molar-refractivity contribution in [3.05, 3.63) is 71.3 Å². The van der Waals surface area contributed by atoms with E-state index in [9.17, 15) is 19.2 Å². The Morgan fingerprint density at radius 2 is 1.46 bits per heavy atom. The number of hydrazine groups is 1. The van der Waals surface area contributed by atoms with Gasteiger partial charge in [-0.05, 0) is 17.7 Å². The van der Waals surface area contributed by atoms with Gasteiger partial charge in [0.25, 0.3) is 17.7 Å². The molecule has 0 radical (unpaired) electrons. The van der Waals surface area contributed by atoms with Crippen LogP contribution in [0.15, 0.2) is 54.6 Å². The van der Waals surface area contributed by atoms with E-state index in [-0.39, 0.29) is 17.7 Å². The molecule has 0 aromatic heterocycles. The smallest absolute Gasteiger partial charge is 0.407 e. The van der Waals surface area contributed by atoms with E-state index < -0.39 is 30.4 Å². The van der Waals surface area contributed by atoms with Crippen LogP contribution < -0.4 is 10.7 Å². The van der Waals surface area contributed by atoms with Gasteiger partial charge in [-0.3, -0.25) is 19.8 Å². The lowest BCUT2D eigenvalue weighted by Crippen LogP contribution is -2.49. The zero-order chi connectivity index (χ0) is 18.5. The minimum Gasteiger partial charge on any atom is -0.445 e. The average molecular weight is 353 g/mol. The SMILES string of the molecule is O=C(CNC(=O)OCc1ccccc1)NN1C(=O)c2ccccc2C1=O. The second kappa shape index (κ2) is 7.47. The summed E-state index contributed by atoms with van der Waals surface area (Å²) in [4.78, 5) is 47.7. The van der Waals surface area contributed by atoms with Crippen LogP contribution in [0.5, 0.6) is 0 Å². The molecule has 1 heterocycles. The molecular formula is C18H15N3O5. The molecule has 8 nitrogen and oxygen atoms in total. The fourth-order valence-electron chi connectivity index (χ4n) is 2.38. The molecule has 0 atom stereocenters. The van der Waals surface area contributed by atoms with Gasteiger partial charge in [-0.2, -0.15) is 5.01 Å². The van der Waals surface area contributed by atoms with Crippen LogP contribution in [-0.4, -0.2) is 35.4 Å². The molecule has 8 heteroatoms. The number of nitrogens with zero attached hydrogens (tertiary/aromatic N) is 1. The molecule has 26 heavy (non-hydrogen) atoms. The predicted octanol–water partition coefficient (Wildman–Crippen LogP) is 1.24. The number of fused-ring (bicyclic) bond motifs is 1. The molecule has 1 aliphatic heterocycles. The van der Waals surface area contributed by atoms with Crippen LogP contribution in [-0.2, 0) is 16.1 Å². The van der Waals surface area contributed by atoms with Crippen molar-refractivity contribution in [1.29, 1.82) is 0 Å². The van der Waals surface area contributed by atoms with Gasteiger partial charge >= 0.3 is 6.09 Å². The molecule has 0 bridgehead atoms. The average Bonchev–Trinajstić information content (AvgIpc) is 2.91. The van der Waals surface area contributed by atoms with Gasteiger partial charge in [0.05, 0.1) is 11.1 Å². The third-order valence-electron chi connectivity index (χ3n) is 3.64. The maximum atomic E-state index is 12.1. The number of nitrogens with one attached hydrogen (secondary N) is 2. The maximum absolute atomic E-state index is 12.1. The van der Waals surface area contributed by atoms with Crippen LogP contribution in [0.25, 0.3) is 0 Å². The molecule has 0 aliphatic carbocycles. The second-order valence-electron chi connectivity index (χ2n) is 5.44. The molecule has 0 fully saturated rings. The van der Waals surface area contributed by atoms with Crippen molar-refractivity contribution in [1.82, 2.24) is 15.8 Å². The highest BCUT2D eigenvalue weighted by atomic mass is 16.5. The summed E-state index contributed by atoms with van der Waals surface area (Å²) in [6.45, 7) is -0.381. The highest BCUT2D eigenvalue weighted by Gasteiger charge is 2.36. The number of carbonyl (C=O) groups excluding carboxylic acids is 4. The summed E-state index contributed by atoms with van der Waals surface area (Å²) in [5.74, 6) is -1.97. The number of benzene rings is 2. The van der Waals surface area contributed by atoms with Gasteiger partial charge in [0, 0.05) is 0 Å². The van der Waals surface area contributed by atoms with Crippen molar-refractivity contribution in [2.75, 3.05) is 6.54 Å². The van der Waals surface area contributed by atoms with Crippen molar-refractivity contribution in [3.63, 3.8) is 0 Å². The number of hydrogen-bond acceptors (Lipinski definition) is 5. The van der Waals surface area contributed by atoms with Crippen LogP contribution >= 0.6 is 0 Å². The van der Waals surface area contributed by atoms with E-state index in [0.29, 0.717) is 5.01 Å². The van der Waals surface area contributed by atoms with Gasteiger partial charge in [-0.15, -0.1) is 0 Å². The fraction of sp³-hybridized carbons (Fsp3) is 0.111. The molecular weight excluding hydrogens is 338 g/mol. The van der Waals surface area contributed by atoms with E-state index >= 15 is 0 Å². The minimum absolute atomic E-state index is 0.0622. The predicted molar refractivity (Wildman–Crippen MR) is 89.7 cm³/mol. The highest BCUT2D eigenvalue weighted by Crippen LogP contribution is 2.20. The first kappa shape index (κ1) is 17.2. The van der Waals surface area contributed by atoms with Crippen LogP contribution in [0.4, 0.5) is 4.79 Å². The lowest BCUT2D eigenvalue weighted by molar-refractivity contribution is -0.123. The van der Waals surface area contributed by atoms with E-state index in [1.807, 2.05) is 18.2 Å². The molecule has 2 N–H and O–H groups in total. The van der Waals surface area contributed by atoms with E-state index in [4.69, 9.17) is 4.74 Å². The first-order valence-corrected chi connectivity index (χ1v) is 7.78. The lowest BCUT2D eigenvalue weighted by atomic mass is 10.1. The molecule has 2 aromatic carbocycles. The first-order valence-electron chi connectivity index (χ1n) is 7.78. The van der Waals surface area contributed by atoms with Crippen LogP contribution in [0.3, 0.4) is 0 Å². The minimum atomic E-state index is -0.786. The Morgan fingerprint density at radius 3 is 2.08 bits per heavy atom. The molecule has 0 saturated heterocycles. The Kier molecular flexibility index (Phi) is 4.93. The summed E-state index contributed by atoms with van der Waals surface area (Å²) in [7, 11) is 0. The molecule has 0 unspecified atom stereocenters. The molecule has 2 aromatic rings. The zero-order valence-electron chi connectivity index (χ0n) is 13.6. The Bertz CT molecular complexity index is 831. The van der Waals surface area contributed by atoms with E-state index in [2.05, 4.69) is 10.7 Å². The number of ether oxygens (including phenoxy) is 1. The van der Waals surface area contributed by atoms with Gasteiger partial charge in [0.2, 0.25) is 0 Å². The monoisotopic (exact) mass is 353 g/mol. The number of rotatable bonds is 5. The summed E-state index contributed by atoms with van der Waals surface area (Å²) in [6, 6.07) is 15.3. The number of imide groups is 1. The Balaban J connectivity index is 1.47. The Morgan fingerprint density at radius 1 is 0.885 bits per heavy atom. The summed E-state index contributed by atoms with van der Waals surface area (Å²) < 4.78 is 4.96. The number of hydrogen-bond donors (Lipinski definition) is 2. The number of amides is 4. The van der Waals surface area contributed by atoms with E-state index in [1.54, 1.807) is 24.3 Å². The zero-order valence-corrected chi connectivity index (χ0v) is 13.6. The molecule has 4 amide bonds. The normalized spacial score (nSPS) is 12.5. The summed E-state index contributed by atoms with van der Waals surface area (Å²) in [6.07, 6.45) is -0.786. The lowest BCUT2D eigenvalue weighted by Gasteiger charge is -2.15. The second-order valence-corrected chi connectivity index (χ2v) is 5.44. The standard InChI is InChI=1S/C18H15N3O5/c22-15(10-19-18(25)26-11-12-6-2-1-3-7-12)20-21-16(23)13-8-4-5-9-14(13)17(21)24/h1-9H,10-11H2,(H,19,25)(H,20,22). The highest BCUT2D eigenvalue weighted by molar-refractivity contribution is 6.21. The van der Waals surface area contributed by atoms with Gasteiger partial charge < -0.3 is 10.1 Å². The largest absolute Gasteiger partial charge is 0.445 e. The van der Waals surface area contributed by atoms with Crippen molar-refractivity contribution < 1.29 is 23.9 Å². The van der Waals surface area contributed by atoms with Crippen molar-refractivity contribution in [3.8, 4) is 0 Å². The number of carbonyl (C=O) groups is 4. The van der Waals surface area contributed by atoms with Gasteiger partial charge in [0.1, 0.15) is 13.2 Å². The summed E-state index contributed by atoms with van der Waals surface area (Å²) >= 11 is 0. The molecule has 0 saturated carbocycles. The molecule has 132 valence electrons. The quantitative estimate of drug-likeness (QED) is 0.787. The third-order valence-corrected chi connectivity index (χ3v) is 3.64. The summed E-state index contributed by atoms with van der Waals surface area (Å²) in [5.41, 5.74) is 3.41. The fourth-order valence-corrected chi connectivity index (χ4v) is 2.38. The topological polar surface area (TPSA) is 105 Å². The van der Waals surface area contributed by atoms with Crippen LogP contribution in [0.1, 0.15) is 26.3 Å². The molecule has 1 aliphatic rings. The van der Waals surface area contributed by atoms with Crippen molar-refractivity contribution in [2.45, 2.75) is 6.61 Å². The molecule has 3 rings (SSSR count). The van der Waals surface area contributed by atoms with Crippen molar-refractivity contribution >= 4 is 23.8 Å². The third kappa shape index (κ3) is 3.69. The maximum Gasteiger partial charge on any atom is 0.407 e. The first-order chi connectivity index (χ1) is 12.6. The van der Waals surface area contributed by atoms with Gasteiger partial charge in [-0.25, -0.2) is 4.79 Å². The summed E-state index contributed by atoms with van der Waals surface area (Å²) in [5, 5.41) is 2.88. The van der Waals surface area contributed by atoms with Gasteiger partial charge in [0.15, 0.2) is 0 Å². The van der Waals surface area contributed by atoms with E-state index in [1.165, 1.54) is 12.1 Å². The van der Waals surface area contributed by atoms with Crippen molar-refractivity contribution in [2.24, 2.45) is 0 Å².